The minimum atomic E-state index is -0.604. The Morgan fingerprint density at radius 3 is 2.91 bits per heavy atom. The summed E-state index contributed by atoms with van der Waals surface area (Å²) in [6.45, 7) is 0. The third-order valence-corrected chi connectivity index (χ3v) is 1.76. The summed E-state index contributed by atoms with van der Waals surface area (Å²) in [4.78, 5) is 0. The zero-order valence-electron chi connectivity index (χ0n) is 5.47. The highest BCUT2D eigenvalue weighted by atomic mass is 35.5. The van der Waals surface area contributed by atoms with Crippen LogP contribution in [0.1, 0.15) is 0 Å². The quantitative estimate of drug-likeness (QED) is 0.592. The molecule has 0 saturated carbocycles. The van der Waals surface area contributed by atoms with E-state index in [1.165, 1.54) is 6.07 Å². The van der Waals surface area contributed by atoms with Gasteiger partial charge in [-0.05, 0) is 6.07 Å². The fourth-order valence-electron chi connectivity index (χ4n) is 0.996. The van der Waals surface area contributed by atoms with Crippen LogP contribution < -0.4 is 0 Å². The molecule has 1 heterocycles. The van der Waals surface area contributed by atoms with Gasteiger partial charge in [0.2, 0.25) is 0 Å². The van der Waals surface area contributed by atoms with Gasteiger partial charge in [0.05, 0.1) is 5.02 Å². The van der Waals surface area contributed by atoms with Crippen molar-refractivity contribution in [1.29, 1.82) is 0 Å². The van der Waals surface area contributed by atoms with Crippen molar-refractivity contribution in [2.75, 3.05) is 0 Å². The summed E-state index contributed by atoms with van der Waals surface area (Å²) in [6, 6.07) is 5.86. The molecule has 56 valence electrons. The summed E-state index contributed by atoms with van der Waals surface area (Å²) in [5, 5.41) is 1.13. The van der Waals surface area contributed by atoms with Crippen LogP contribution in [-0.2, 0) is 0 Å². The third-order valence-electron chi connectivity index (χ3n) is 1.47. The van der Waals surface area contributed by atoms with Crippen LogP contribution in [0.3, 0.4) is 0 Å². The molecule has 1 aromatic heterocycles. The van der Waals surface area contributed by atoms with Gasteiger partial charge in [-0.1, -0.05) is 23.7 Å². The number of furan rings is 1. The van der Waals surface area contributed by atoms with Gasteiger partial charge in [-0.2, -0.15) is 4.39 Å². The SMILES string of the molecule is Fc1cc2cccc(Cl)c2o1. The Hall–Kier alpha value is -1.02. The van der Waals surface area contributed by atoms with E-state index in [9.17, 15) is 4.39 Å². The molecule has 3 heteroatoms. The van der Waals surface area contributed by atoms with Gasteiger partial charge in [-0.25, -0.2) is 0 Å². The van der Waals surface area contributed by atoms with Gasteiger partial charge in [-0.3, -0.25) is 0 Å². The van der Waals surface area contributed by atoms with Crippen LogP contribution in [-0.4, -0.2) is 0 Å². The molecule has 11 heavy (non-hydrogen) atoms. The molecule has 0 atom stereocenters. The van der Waals surface area contributed by atoms with Crippen molar-refractivity contribution < 1.29 is 8.81 Å². The van der Waals surface area contributed by atoms with Gasteiger partial charge in [0.15, 0.2) is 5.58 Å². The van der Waals surface area contributed by atoms with Crippen LogP contribution in [0.4, 0.5) is 4.39 Å². The highest BCUT2D eigenvalue weighted by Crippen LogP contribution is 2.25. The Bertz CT molecular complexity index is 394. The average Bonchev–Trinajstić information content (AvgIpc) is 2.31. The Morgan fingerprint density at radius 2 is 2.18 bits per heavy atom. The fourth-order valence-corrected chi connectivity index (χ4v) is 1.22. The molecule has 0 aliphatic carbocycles. The molecule has 0 aliphatic heterocycles. The second kappa shape index (κ2) is 2.24. The molecule has 0 fully saturated rings. The standard InChI is InChI=1S/C8H4ClFO/c9-6-3-1-2-5-4-7(10)11-8(5)6/h1-4H. The molecule has 0 radical (unpaired) electrons. The molecule has 2 rings (SSSR count). The lowest BCUT2D eigenvalue weighted by Gasteiger charge is -1.88. The summed E-state index contributed by atoms with van der Waals surface area (Å²) in [7, 11) is 0. The largest absolute Gasteiger partial charge is 0.429 e. The van der Waals surface area contributed by atoms with E-state index in [0.717, 1.165) is 0 Å². The van der Waals surface area contributed by atoms with E-state index in [4.69, 9.17) is 16.0 Å². The first kappa shape index (κ1) is 6.68. The van der Waals surface area contributed by atoms with Crippen molar-refractivity contribution in [2.24, 2.45) is 0 Å². The van der Waals surface area contributed by atoms with Gasteiger partial charge in [0, 0.05) is 11.5 Å². The van der Waals surface area contributed by atoms with E-state index in [1.807, 2.05) is 0 Å². The summed E-state index contributed by atoms with van der Waals surface area (Å²) < 4.78 is 17.2. The first-order chi connectivity index (χ1) is 5.27. The number of benzene rings is 1. The first-order valence-corrected chi connectivity index (χ1v) is 3.49. The Morgan fingerprint density at radius 1 is 1.36 bits per heavy atom. The Balaban J connectivity index is 2.90. The van der Waals surface area contributed by atoms with Crippen LogP contribution in [0.2, 0.25) is 5.02 Å². The number of halogens is 2. The van der Waals surface area contributed by atoms with Gasteiger partial charge >= 0.3 is 0 Å². The van der Waals surface area contributed by atoms with E-state index in [-0.39, 0.29) is 0 Å². The van der Waals surface area contributed by atoms with Crippen molar-refractivity contribution >= 4 is 22.6 Å². The molecule has 2 aromatic rings. The third kappa shape index (κ3) is 0.994. The summed E-state index contributed by atoms with van der Waals surface area (Å²) in [5.41, 5.74) is 0.409. The van der Waals surface area contributed by atoms with Gasteiger partial charge in [0.25, 0.3) is 6.01 Å². The van der Waals surface area contributed by atoms with E-state index < -0.39 is 6.01 Å². The van der Waals surface area contributed by atoms with Crippen LogP contribution in [0.25, 0.3) is 11.0 Å². The predicted molar refractivity (Wildman–Crippen MR) is 41.2 cm³/mol. The predicted octanol–water partition coefficient (Wildman–Crippen LogP) is 3.23. The number of fused-ring (bicyclic) bond motifs is 1. The molecule has 1 aromatic carbocycles. The maximum atomic E-state index is 12.5. The molecule has 0 spiro atoms. The van der Waals surface area contributed by atoms with Gasteiger partial charge < -0.3 is 4.42 Å². The lowest BCUT2D eigenvalue weighted by atomic mass is 10.3. The topological polar surface area (TPSA) is 13.1 Å². The van der Waals surface area contributed by atoms with Crippen molar-refractivity contribution in [3.05, 3.63) is 35.3 Å². The van der Waals surface area contributed by atoms with E-state index in [0.29, 0.717) is 16.0 Å². The molecule has 0 saturated heterocycles. The molecule has 1 nitrogen and oxygen atoms in total. The van der Waals surface area contributed by atoms with Crippen LogP contribution >= 0.6 is 11.6 Å². The van der Waals surface area contributed by atoms with Crippen LogP contribution in [0, 0.1) is 6.01 Å². The highest BCUT2D eigenvalue weighted by Gasteiger charge is 2.04. The van der Waals surface area contributed by atoms with Crippen molar-refractivity contribution in [3.8, 4) is 0 Å². The molecule has 0 aliphatic rings. The van der Waals surface area contributed by atoms with Gasteiger partial charge in [0.1, 0.15) is 0 Å². The molecule has 0 amide bonds. The van der Waals surface area contributed by atoms with E-state index in [1.54, 1.807) is 18.2 Å². The molecular formula is C8H4ClFO. The van der Waals surface area contributed by atoms with Crippen LogP contribution in [0.5, 0.6) is 0 Å². The fraction of sp³-hybridized carbons (Fsp3) is 0. The zero-order valence-corrected chi connectivity index (χ0v) is 6.23. The second-order valence-electron chi connectivity index (χ2n) is 2.21. The van der Waals surface area contributed by atoms with E-state index >= 15 is 0 Å². The normalized spacial score (nSPS) is 10.7. The molecule has 0 unspecified atom stereocenters. The van der Waals surface area contributed by atoms with Crippen molar-refractivity contribution in [1.82, 2.24) is 0 Å². The van der Waals surface area contributed by atoms with Crippen molar-refractivity contribution in [3.63, 3.8) is 0 Å². The average molecular weight is 171 g/mol. The lowest BCUT2D eigenvalue weighted by molar-refractivity contribution is 0.381. The lowest BCUT2D eigenvalue weighted by Crippen LogP contribution is -1.63. The summed E-state index contributed by atoms with van der Waals surface area (Å²) in [5.74, 6) is 0. The zero-order chi connectivity index (χ0) is 7.84. The van der Waals surface area contributed by atoms with Crippen molar-refractivity contribution in [2.45, 2.75) is 0 Å². The minimum absolute atomic E-state index is 0.409. The smallest absolute Gasteiger partial charge is 0.278 e. The number of hydrogen-bond acceptors (Lipinski definition) is 1. The first-order valence-electron chi connectivity index (χ1n) is 3.11. The molecule has 0 N–H and O–H groups in total. The summed E-state index contributed by atoms with van der Waals surface area (Å²) in [6.07, 6.45) is 0. The Kier molecular flexibility index (Phi) is 1.36. The van der Waals surface area contributed by atoms with Gasteiger partial charge in [-0.15, -0.1) is 0 Å². The summed E-state index contributed by atoms with van der Waals surface area (Å²) >= 11 is 5.71. The number of para-hydroxylation sites is 1. The molecule has 0 bridgehead atoms. The maximum absolute atomic E-state index is 12.5. The number of hydrogen-bond donors (Lipinski definition) is 0. The monoisotopic (exact) mass is 170 g/mol. The molecular weight excluding hydrogens is 167 g/mol. The van der Waals surface area contributed by atoms with E-state index in [2.05, 4.69) is 0 Å². The van der Waals surface area contributed by atoms with Crippen LogP contribution in [0.15, 0.2) is 28.7 Å². The number of rotatable bonds is 0. The maximum Gasteiger partial charge on any atom is 0.278 e. The Labute approximate surface area is 67.4 Å². The second-order valence-corrected chi connectivity index (χ2v) is 2.62. The highest BCUT2D eigenvalue weighted by molar-refractivity contribution is 6.34. The minimum Gasteiger partial charge on any atom is -0.429 e.